The van der Waals surface area contributed by atoms with E-state index >= 15 is 0 Å². The molecule has 0 aromatic heterocycles. The first-order valence-corrected chi connectivity index (χ1v) is 3.84. The monoisotopic (exact) mass is 326 g/mol. The maximum atomic E-state index is 12.5. The first-order chi connectivity index (χ1) is 6.83. The highest BCUT2D eigenvalue weighted by Crippen LogP contribution is 2.51. The Morgan fingerprint density at radius 1 is 0.875 bits per heavy atom. The summed E-state index contributed by atoms with van der Waals surface area (Å²) in [6.45, 7) is 0. The Morgan fingerprint density at radius 3 is 1.50 bits per heavy atom. The van der Waals surface area contributed by atoms with Crippen molar-refractivity contribution in [2.45, 2.75) is 16.9 Å². The van der Waals surface area contributed by atoms with Crippen LogP contribution in [-0.4, -0.2) is 16.9 Å². The summed E-state index contributed by atoms with van der Waals surface area (Å²) in [5.41, 5.74) is 0. The third-order valence-corrected chi connectivity index (χ3v) is 2.00. The fraction of sp³-hybridized carbons (Fsp3) is 0.600. The lowest BCUT2D eigenvalue weighted by Gasteiger charge is -2.28. The first-order valence-electron chi connectivity index (χ1n) is 3.05. The third-order valence-electron chi connectivity index (χ3n) is 1.09. The van der Waals surface area contributed by atoms with Gasteiger partial charge in [0.1, 0.15) is 0 Å². The normalized spacial score (nSPS) is 16.6. The molecule has 0 rings (SSSR count). The second-order valence-electron chi connectivity index (χ2n) is 2.23. The molecule has 0 amide bonds. The molecule has 0 bridgehead atoms. The third kappa shape index (κ3) is 2.95. The van der Waals surface area contributed by atoms with Crippen LogP contribution in [0.5, 0.6) is 0 Å². The van der Waals surface area contributed by atoms with Gasteiger partial charge in [0, 0.05) is 0 Å². The van der Waals surface area contributed by atoms with Crippen LogP contribution in [0.15, 0.2) is 12.1 Å². The van der Waals surface area contributed by atoms with Gasteiger partial charge in [-0.15, -0.1) is 0 Å². The standard InChI is InChI=1S/C5BrF9O/c6-3(10,4(11,12)13)5(14,15)16-2(9)1(7)8. The van der Waals surface area contributed by atoms with Gasteiger partial charge in [-0.25, -0.2) is 4.39 Å². The summed E-state index contributed by atoms with van der Waals surface area (Å²) >= 11 is 0.901. The van der Waals surface area contributed by atoms with Crippen molar-refractivity contribution in [3.8, 4) is 0 Å². The second-order valence-corrected chi connectivity index (χ2v) is 3.32. The molecule has 0 saturated carbocycles. The molecule has 0 aliphatic rings. The maximum absolute atomic E-state index is 12.5. The molecule has 0 aliphatic heterocycles. The molecule has 1 unspecified atom stereocenters. The molecule has 0 radical (unpaired) electrons. The highest BCUT2D eigenvalue weighted by Gasteiger charge is 2.73. The smallest absolute Gasteiger partial charge is 0.399 e. The molecular weight excluding hydrogens is 327 g/mol. The van der Waals surface area contributed by atoms with Crippen molar-refractivity contribution < 1.29 is 44.3 Å². The van der Waals surface area contributed by atoms with E-state index in [0.29, 0.717) is 0 Å². The number of hydrogen-bond acceptors (Lipinski definition) is 1. The van der Waals surface area contributed by atoms with Gasteiger partial charge in [0.2, 0.25) is 0 Å². The van der Waals surface area contributed by atoms with Crippen LogP contribution in [-0.2, 0) is 4.74 Å². The molecule has 0 heterocycles. The van der Waals surface area contributed by atoms with Crippen LogP contribution in [0.4, 0.5) is 39.5 Å². The number of halogens is 10. The van der Waals surface area contributed by atoms with Gasteiger partial charge in [-0.1, -0.05) is 0 Å². The molecule has 0 aromatic rings. The quantitative estimate of drug-likeness (QED) is 0.428. The predicted molar refractivity (Wildman–Crippen MR) is 35.2 cm³/mol. The highest BCUT2D eigenvalue weighted by molar-refractivity contribution is 9.10. The summed E-state index contributed by atoms with van der Waals surface area (Å²) in [5.74, 6) is 0. The SMILES string of the molecule is FC(F)=C(F)OC(F)(F)C(F)(Br)C(F)(F)F. The Morgan fingerprint density at radius 2 is 1.25 bits per heavy atom. The van der Waals surface area contributed by atoms with E-state index in [1.54, 1.807) is 0 Å². The summed E-state index contributed by atoms with van der Waals surface area (Å²) in [6.07, 6.45) is -15.6. The highest BCUT2D eigenvalue weighted by atomic mass is 79.9. The minimum atomic E-state index is -6.20. The summed E-state index contributed by atoms with van der Waals surface area (Å²) in [4.78, 5) is 0. The molecule has 0 fully saturated rings. The lowest BCUT2D eigenvalue weighted by atomic mass is 10.3. The van der Waals surface area contributed by atoms with E-state index in [4.69, 9.17) is 0 Å². The zero-order chi connectivity index (χ0) is 13.4. The zero-order valence-corrected chi connectivity index (χ0v) is 8.27. The van der Waals surface area contributed by atoms with Crippen LogP contribution < -0.4 is 0 Å². The Labute approximate surface area is 90.0 Å². The Hall–Kier alpha value is -0.610. The van der Waals surface area contributed by atoms with Gasteiger partial charge in [0.25, 0.3) is 0 Å². The number of alkyl halides is 7. The number of hydrogen-bond donors (Lipinski definition) is 0. The number of rotatable bonds is 3. The van der Waals surface area contributed by atoms with Gasteiger partial charge in [-0.3, -0.25) is 0 Å². The van der Waals surface area contributed by atoms with Crippen LogP contribution in [0.25, 0.3) is 0 Å². The lowest BCUT2D eigenvalue weighted by Crippen LogP contribution is -2.51. The molecule has 0 saturated heterocycles. The van der Waals surface area contributed by atoms with Gasteiger partial charge in [-0.2, -0.15) is 35.1 Å². The van der Waals surface area contributed by atoms with E-state index in [1.807, 2.05) is 0 Å². The summed E-state index contributed by atoms with van der Waals surface area (Å²) in [7, 11) is 0. The van der Waals surface area contributed by atoms with E-state index in [-0.39, 0.29) is 0 Å². The Balaban J connectivity index is 5.15. The van der Waals surface area contributed by atoms with Crippen molar-refractivity contribution in [1.82, 2.24) is 0 Å². The largest absolute Gasteiger partial charge is 0.454 e. The van der Waals surface area contributed by atoms with Gasteiger partial charge < -0.3 is 4.74 Å². The van der Waals surface area contributed by atoms with Gasteiger partial charge in [-0.05, 0) is 15.9 Å². The minimum absolute atomic E-state index is 0.901. The number of ether oxygens (including phenoxy) is 1. The van der Waals surface area contributed by atoms with Gasteiger partial charge >= 0.3 is 29.0 Å². The molecule has 0 spiro atoms. The molecule has 96 valence electrons. The molecule has 0 aromatic carbocycles. The van der Waals surface area contributed by atoms with Crippen molar-refractivity contribution >= 4 is 15.9 Å². The van der Waals surface area contributed by atoms with E-state index in [9.17, 15) is 39.5 Å². The summed E-state index contributed by atoms with van der Waals surface area (Å²) in [6, 6.07) is -3.31. The van der Waals surface area contributed by atoms with Crippen molar-refractivity contribution in [3.05, 3.63) is 12.1 Å². The molecule has 0 N–H and O–H groups in total. The van der Waals surface area contributed by atoms with Crippen molar-refractivity contribution in [2.24, 2.45) is 0 Å². The van der Waals surface area contributed by atoms with Crippen LogP contribution in [0.3, 0.4) is 0 Å². The van der Waals surface area contributed by atoms with E-state index in [1.165, 1.54) is 0 Å². The average Bonchev–Trinajstić information content (AvgIpc) is 2.00. The molecule has 0 aliphatic carbocycles. The van der Waals surface area contributed by atoms with Crippen molar-refractivity contribution in [2.75, 3.05) is 0 Å². The van der Waals surface area contributed by atoms with Crippen LogP contribution in [0.1, 0.15) is 0 Å². The summed E-state index contributed by atoms with van der Waals surface area (Å²) < 4.78 is 103. The molecule has 1 nitrogen and oxygen atoms in total. The Kier molecular flexibility index (Phi) is 4.17. The van der Waals surface area contributed by atoms with E-state index in [2.05, 4.69) is 4.74 Å². The maximum Gasteiger partial charge on any atom is 0.454 e. The van der Waals surface area contributed by atoms with Gasteiger partial charge in [0.15, 0.2) is 0 Å². The fourth-order valence-electron chi connectivity index (χ4n) is 0.380. The Bertz CT molecular complexity index is 289. The molecular formula is C5BrF9O. The van der Waals surface area contributed by atoms with Crippen LogP contribution in [0, 0.1) is 0 Å². The second kappa shape index (κ2) is 4.34. The summed E-state index contributed by atoms with van der Waals surface area (Å²) in [5, 5.41) is 0. The van der Waals surface area contributed by atoms with Crippen molar-refractivity contribution in [1.29, 1.82) is 0 Å². The topological polar surface area (TPSA) is 9.23 Å². The average molecular weight is 327 g/mol. The lowest BCUT2D eigenvalue weighted by molar-refractivity contribution is -0.341. The molecule has 11 heteroatoms. The zero-order valence-electron chi connectivity index (χ0n) is 6.69. The van der Waals surface area contributed by atoms with Gasteiger partial charge in [0.05, 0.1) is 0 Å². The predicted octanol–water partition coefficient (Wildman–Crippen LogP) is 4.25. The van der Waals surface area contributed by atoms with Crippen LogP contribution >= 0.6 is 15.9 Å². The van der Waals surface area contributed by atoms with Crippen molar-refractivity contribution in [3.63, 3.8) is 0 Å². The molecule has 16 heavy (non-hydrogen) atoms. The minimum Gasteiger partial charge on any atom is -0.399 e. The fourth-order valence-corrected chi connectivity index (χ4v) is 0.461. The van der Waals surface area contributed by atoms with Crippen LogP contribution in [0.2, 0.25) is 0 Å². The van der Waals surface area contributed by atoms with E-state index in [0.717, 1.165) is 15.9 Å². The molecule has 1 atom stereocenters. The van der Waals surface area contributed by atoms with E-state index < -0.39 is 29.0 Å². The first kappa shape index (κ1) is 15.4.